The first-order valence-electron chi connectivity index (χ1n) is 3.27. The summed E-state index contributed by atoms with van der Waals surface area (Å²) in [6.07, 6.45) is -1.19. The Morgan fingerprint density at radius 3 is 2.15 bits per heavy atom. The zero-order chi connectivity index (χ0) is 10.6. The molecule has 0 fully saturated rings. The topological polar surface area (TPSA) is 112 Å². The Bertz CT molecular complexity index is 258. The van der Waals surface area contributed by atoms with E-state index in [1.807, 2.05) is 0 Å². The van der Waals surface area contributed by atoms with Crippen LogP contribution < -0.4 is 0 Å². The molecule has 0 amide bonds. The van der Waals surface area contributed by atoms with Crippen LogP contribution in [0.1, 0.15) is 6.42 Å². The fourth-order valence-corrected chi connectivity index (χ4v) is 1.77. The molecule has 0 saturated carbocycles. The number of aliphatic carboxylic acids is 1. The van der Waals surface area contributed by atoms with Gasteiger partial charge in [0.25, 0.3) is 0 Å². The van der Waals surface area contributed by atoms with Crippen molar-refractivity contribution >= 4 is 36.2 Å². The van der Waals surface area contributed by atoms with E-state index >= 15 is 0 Å². The van der Waals surface area contributed by atoms with Gasteiger partial charge in [-0.3, -0.25) is 0 Å². The predicted molar refractivity (Wildman–Crippen MR) is 46.5 cm³/mol. The fraction of sp³-hybridized carbons (Fsp3) is 0.600. The van der Waals surface area contributed by atoms with E-state index in [2.05, 4.69) is 0 Å². The molecular formula is C5H10AsO6P. The number of Topliss-reactive ketones (excluding diaryl/α,β-unsaturated/α-hetero) is 1. The summed E-state index contributed by atoms with van der Waals surface area (Å²) >= 11 is 0.848. The standard InChI is InChI=1S/C5H10AsO6P/c6-4(5(8)9)1-3(7)2-13(10,11)12/h4H,1-2,6H2,(H,8,9)(H2,10,11,12). The van der Waals surface area contributed by atoms with Crippen LogP contribution in [-0.4, -0.2) is 49.7 Å². The second kappa shape index (κ2) is 4.91. The average Bonchev–Trinajstić information content (AvgIpc) is 1.81. The molecule has 0 saturated heterocycles. The Kier molecular flexibility index (Phi) is 4.85. The number of carbonyl (C=O) groups is 2. The molecule has 0 heterocycles. The summed E-state index contributed by atoms with van der Waals surface area (Å²) in [4.78, 5) is 37.9. The van der Waals surface area contributed by atoms with E-state index in [1.165, 1.54) is 0 Å². The minimum absolute atomic E-state index is 0.319. The van der Waals surface area contributed by atoms with Crippen LogP contribution in [0.25, 0.3) is 0 Å². The van der Waals surface area contributed by atoms with Gasteiger partial charge in [0, 0.05) is 0 Å². The molecule has 13 heavy (non-hydrogen) atoms. The van der Waals surface area contributed by atoms with Gasteiger partial charge in [-0.05, 0) is 0 Å². The molecule has 6 nitrogen and oxygen atoms in total. The number of rotatable bonds is 5. The molecule has 0 spiro atoms. The summed E-state index contributed by atoms with van der Waals surface area (Å²) in [6, 6.07) is 0. The van der Waals surface area contributed by atoms with Crippen molar-refractivity contribution in [1.29, 1.82) is 0 Å². The van der Waals surface area contributed by atoms with Crippen LogP contribution in [0, 0.1) is 0 Å². The zero-order valence-electron chi connectivity index (χ0n) is 6.58. The quantitative estimate of drug-likeness (QED) is 0.420. The SMILES string of the molecule is O=C(CC([AsH2])C(=O)O)CP(=O)(O)O. The molecule has 2 atom stereocenters. The normalized spacial score (nSPS) is 13.8. The molecule has 8 heteroatoms. The van der Waals surface area contributed by atoms with E-state index in [1.54, 1.807) is 0 Å². The van der Waals surface area contributed by atoms with E-state index in [0.29, 0.717) is 0 Å². The Morgan fingerprint density at radius 2 is 1.85 bits per heavy atom. The third kappa shape index (κ3) is 6.96. The van der Waals surface area contributed by atoms with Crippen molar-refractivity contribution in [3.63, 3.8) is 0 Å². The van der Waals surface area contributed by atoms with Crippen LogP contribution in [0.15, 0.2) is 0 Å². The van der Waals surface area contributed by atoms with E-state index in [0.717, 1.165) is 16.9 Å². The van der Waals surface area contributed by atoms with Crippen LogP contribution in [0.5, 0.6) is 0 Å². The molecule has 0 aromatic rings. The van der Waals surface area contributed by atoms with Gasteiger partial charge in [0.05, 0.1) is 0 Å². The second-order valence-electron chi connectivity index (χ2n) is 2.51. The zero-order valence-corrected chi connectivity index (χ0v) is 9.90. The van der Waals surface area contributed by atoms with Crippen LogP contribution >= 0.6 is 7.60 Å². The summed E-state index contributed by atoms with van der Waals surface area (Å²) in [5, 5.41) is 8.40. The molecule has 0 bridgehead atoms. The fourth-order valence-electron chi connectivity index (χ4n) is 0.627. The van der Waals surface area contributed by atoms with Gasteiger partial charge in [0.1, 0.15) is 0 Å². The average molecular weight is 272 g/mol. The first-order chi connectivity index (χ1) is 5.72. The van der Waals surface area contributed by atoms with Crippen LogP contribution in [0.2, 0.25) is 4.71 Å². The van der Waals surface area contributed by atoms with E-state index < -0.39 is 30.2 Å². The molecule has 3 N–H and O–H groups in total. The van der Waals surface area contributed by atoms with E-state index in [-0.39, 0.29) is 6.42 Å². The Hall–Kier alpha value is -0.152. The number of carboxylic acids is 1. The van der Waals surface area contributed by atoms with Crippen LogP contribution in [0.4, 0.5) is 0 Å². The van der Waals surface area contributed by atoms with Gasteiger partial charge in [-0.15, -0.1) is 0 Å². The first-order valence-corrected chi connectivity index (χ1v) is 6.46. The van der Waals surface area contributed by atoms with E-state index in [4.69, 9.17) is 14.9 Å². The minimum atomic E-state index is -4.34. The van der Waals surface area contributed by atoms with Gasteiger partial charge in [0.2, 0.25) is 0 Å². The maximum absolute atomic E-state index is 10.8. The van der Waals surface area contributed by atoms with Gasteiger partial charge >= 0.3 is 82.5 Å². The molecule has 0 rings (SSSR count). The monoisotopic (exact) mass is 272 g/mol. The number of carboxylic acid groups (broad SMARTS) is 1. The third-order valence-electron chi connectivity index (χ3n) is 1.15. The molecule has 0 aliphatic carbocycles. The summed E-state index contributed by atoms with van der Waals surface area (Å²) in [5.41, 5.74) is 0. The van der Waals surface area contributed by atoms with Gasteiger partial charge in [-0.25, -0.2) is 0 Å². The number of hydrogen-bond donors (Lipinski definition) is 3. The maximum atomic E-state index is 10.8. The Morgan fingerprint density at radius 1 is 1.38 bits per heavy atom. The summed E-state index contributed by atoms with van der Waals surface area (Å²) in [5.74, 6) is -1.84. The van der Waals surface area contributed by atoms with Crippen molar-refractivity contribution in [3.05, 3.63) is 0 Å². The molecule has 76 valence electrons. The van der Waals surface area contributed by atoms with Crippen molar-refractivity contribution in [3.8, 4) is 0 Å². The molecule has 0 aliphatic rings. The number of carbonyl (C=O) groups excluding carboxylic acids is 1. The first kappa shape index (κ1) is 12.8. The summed E-state index contributed by atoms with van der Waals surface area (Å²) < 4.78 is 9.48. The Labute approximate surface area is 83.0 Å². The van der Waals surface area contributed by atoms with Gasteiger partial charge < -0.3 is 0 Å². The number of ketones is 1. The third-order valence-corrected chi connectivity index (χ3v) is 3.00. The summed E-state index contributed by atoms with van der Waals surface area (Å²) in [6.45, 7) is 0. The summed E-state index contributed by atoms with van der Waals surface area (Å²) in [7, 11) is -4.34. The van der Waals surface area contributed by atoms with E-state index in [9.17, 15) is 14.2 Å². The second-order valence-corrected chi connectivity index (χ2v) is 5.84. The Balaban J connectivity index is 4.03. The molecule has 0 aliphatic heterocycles. The van der Waals surface area contributed by atoms with Gasteiger partial charge in [-0.2, -0.15) is 0 Å². The van der Waals surface area contributed by atoms with Gasteiger partial charge in [-0.1, -0.05) is 0 Å². The molecule has 0 aromatic heterocycles. The molecular weight excluding hydrogens is 262 g/mol. The van der Waals surface area contributed by atoms with Crippen molar-refractivity contribution in [2.24, 2.45) is 0 Å². The molecule has 0 aromatic carbocycles. The van der Waals surface area contributed by atoms with Crippen molar-refractivity contribution in [2.45, 2.75) is 11.1 Å². The van der Waals surface area contributed by atoms with Crippen molar-refractivity contribution in [2.75, 3.05) is 6.16 Å². The van der Waals surface area contributed by atoms with Crippen LogP contribution in [0.3, 0.4) is 0 Å². The van der Waals surface area contributed by atoms with Gasteiger partial charge in [0.15, 0.2) is 0 Å². The predicted octanol–water partition coefficient (Wildman–Crippen LogP) is -1.37. The molecule has 0 radical (unpaired) electrons. The van der Waals surface area contributed by atoms with Crippen LogP contribution in [-0.2, 0) is 14.2 Å². The van der Waals surface area contributed by atoms with Crippen molar-refractivity contribution in [1.82, 2.24) is 0 Å². The molecule has 2 unspecified atom stereocenters. The number of hydrogen-bond acceptors (Lipinski definition) is 3. The van der Waals surface area contributed by atoms with Crippen molar-refractivity contribution < 1.29 is 29.0 Å².